The fraction of sp³-hybridized carbons (Fsp3) is 0.267. The van der Waals surface area contributed by atoms with Crippen LogP contribution in [-0.2, 0) is 4.74 Å². The molecule has 3 heterocycles. The average Bonchev–Trinajstić information content (AvgIpc) is 2.88. The third-order valence-corrected chi connectivity index (χ3v) is 4.02. The van der Waals surface area contributed by atoms with E-state index in [2.05, 4.69) is 30.9 Å². The van der Waals surface area contributed by atoms with Crippen molar-refractivity contribution in [3.63, 3.8) is 0 Å². The molecular formula is C15H15BrFN5O. The van der Waals surface area contributed by atoms with Crippen molar-refractivity contribution in [3.05, 3.63) is 35.1 Å². The summed E-state index contributed by atoms with van der Waals surface area (Å²) in [6.45, 7) is 2.53. The van der Waals surface area contributed by atoms with Gasteiger partial charge in [-0.3, -0.25) is 0 Å². The number of hydrogen-bond acceptors (Lipinski definition) is 5. The summed E-state index contributed by atoms with van der Waals surface area (Å²) in [6.07, 6.45) is 4.65. The summed E-state index contributed by atoms with van der Waals surface area (Å²) in [4.78, 5) is 12.0. The molecule has 0 radical (unpaired) electrons. The molecule has 8 heteroatoms. The number of methoxy groups -OCH3 is 1. The highest BCUT2D eigenvalue weighted by molar-refractivity contribution is 9.10. The Morgan fingerprint density at radius 2 is 2.17 bits per heavy atom. The molecule has 0 aromatic carbocycles. The van der Waals surface area contributed by atoms with Gasteiger partial charge in [0.15, 0.2) is 5.82 Å². The zero-order valence-corrected chi connectivity index (χ0v) is 14.2. The molecule has 3 aromatic rings. The Bertz CT molecular complexity index is 866. The zero-order chi connectivity index (χ0) is 16.6. The lowest BCUT2D eigenvalue weighted by Crippen LogP contribution is -2.09. The molecule has 1 atom stereocenters. The Balaban J connectivity index is 2.28. The third kappa shape index (κ3) is 2.91. The Hall–Kier alpha value is -2.06. The van der Waals surface area contributed by atoms with Gasteiger partial charge in [-0.1, -0.05) is 0 Å². The lowest BCUT2D eigenvalue weighted by Gasteiger charge is -2.13. The van der Waals surface area contributed by atoms with Crippen LogP contribution in [0.15, 0.2) is 29.3 Å². The van der Waals surface area contributed by atoms with Gasteiger partial charge in [-0.05, 0) is 28.9 Å². The predicted octanol–water partition coefficient (Wildman–Crippen LogP) is 3.18. The van der Waals surface area contributed by atoms with Gasteiger partial charge in [0, 0.05) is 24.3 Å². The van der Waals surface area contributed by atoms with E-state index in [0.29, 0.717) is 16.8 Å². The van der Waals surface area contributed by atoms with E-state index in [1.54, 1.807) is 13.3 Å². The highest BCUT2D eigenvalue weighted by Crippen LogP contribution is 2.34. The van der Waals surface area contributed by atoms with E-state index < -0.39 is 5.82 Å². The molecule has 0 aliphatic carbocycles. The van der Waals surface area contributed by atoms with Crippen LogP contribution in [0.3, 0.4) is 0 Å². The lowest BCUT2D eigenvalue weighted by atomic mass is 10.1. The number of pyridine rings is 1. The Morgan fingerprint density at radius 1 is 1.39 bits per heavy atom. The van der Waals surface area contributed by atoms with Gasteiger partial charge >= 0.3 is 0 Å². The Labute approximate surface area is 140 Å². The monoisotopic (exact) mass is 379 g/mol. The van der Waals surface area contributed by atoms with Gasteiger partial charge in [-0.15, -0.1) is 0 Å². The van der Waals surface area contributed by atoms with E-state index in [4.69, 9.17) is 10.5 Å². The van der Waals surface area contributed by atoms with Crippen molar-refractivity contribution >= 4 is 32.8 Å². The van der Waals surface area contributed by atoms with Crippen molar-refractivity contribution in [1.82, 2.24) is 19.5 Å². The molecule has 0 bridgehead atoms. The second kappa shape index (κ2) is 6.21. The Kier molecular flexibility index (Phi) is 4.27. The Morgan fingerprint density at radius 3 is 2.91 bits per heavy atom. The van der Waals surface area contributed by atoms with E-state index in [1.165, 1.54) is 0 Å². The van der Waals surface area contributed by atoms with Gasteiger partial charge in [-0.25, -0.2) is 19.3 Å². The van der Waals surface area contributed by atoms with Gasteiger partial charge in [0.1, 0.15) is 10.3 Å². The van der Waals surface area contributed by atoms with Crippen molar-refractivity contribution in [2.75, 3.05) is 19.5 Å². The molecule has 3 rings (SSSR count). The van der Waals surface area contributed by atoms with Gasteiger partial charge in [0.05, 0.1) is 30.6 Å². The topological polar surface area (TPSA) is 78.9 Å². The second-order valence-corrected chi connectivity index (χ2v) is 6.02. The first kappa shape index (κ1) is 15.8. The minimum atomic E-state index is -0.523. The van der Waals surface area contributed by atoms with E-state index in [-0.39, 0.29) is 17.7 Å². The summed E-state index contributed by atoms with van der Waals surface area (Å²) >= 11 is 3.35. The molecule has 23 heavy (non-hydrogen) atoms. The van der Waals surface area contributed by atoms with Gasteiger partial charge in [0.2, 0.25) is 5.95 Å². The highest BCUT2D eigenvalue weighted by Gasteiger charge is 2.19. The normalized spacial score (nSPS) is 12.7. The summed E-state index contributed by atoms with van der Waals surface area (Å²) in [5.74, 6) is -0.494. The van der Waals surface area contributed by atoms with Crippen LogP contribution < -0.4 is 5.73 Å². The first-order valence-electron chi connectivity index (χ1n) is 6.94. The number of anilines is 1. The fourth-order valence-electron chi connectivity index (χ4n) is 2.57. The molecule has 3 aromatic heterocycles. The highest BCUT2D eigenvalue weighted by atomic mass is 79.9. The van der Waals surface area contributed by atoms with Crippen molar-refractivity contribution in [1.29, 1.82) is 0 Å². The molecule has 0 amide bonds. The number of fused-ring (bicyclic) bond motifs is 1. The van der Waals surface area contributed by atoms with Crippen LogP contribution in [0.5, 0.6) is 0 Å². The van der Waals surface area contributed by atoms with Crippen molar-refractivity contribution in [3.8, 4) is 11.3 Å². The molecule has 0 saturated carbocycles. The number of nitrogens with zero attached hydrogens (tertiary/aromatic N) is 4. The summed E-state index contributed by atoms with van der Waals surface area (Å²) in [7, 11) is 1.64. The number of aromatic nitrogens is 4. The van der Waals surface area contributed by atoms with Crippen LogP contribution in [0.2, 0.25) is 0 Å². The summed E-state index contributed by atoms with van der Waals surface area (Å²) in [5.41, 5.74) is 7.29. The smallest absolute Gasteiger partial charge is 0.220 e. The van der Waals surface area contributed by atoms with E-state index in [9.17, 15) is 4.39 Å². The van der Waals surface area contributed by atoms with Crippen LogP contribution >= 0.6 is 15.9 Å². The van der Waals surface area contributed by atoms with Gasteiger partial charge in [0.25, 0.3) is 0 Å². The summed E-state index contributed by atoms with van der Waals surface area (Å²) < 4.78 is 22.1. The molecule has 2 N–H and O–H groups in total. The number of nitrogens with two attached hydrogens (primary N) is 1. The zero-order valence-electron chi connectivity index (χ0n) is 12.6. The van der Waals surface area contributed by atoms with Crippen LogP contribution in [0.1, 0.15) is 13.0 Å². The maximum atomic E-state index is 14.2. The molecule has 0 aliphatic heterocycles. The summed E-state index contributed by atoms with van der Waals surface area (Å²) in [5, 5.41) is 0.826. The number of nitrogen functional groups attached to an aromatic ring is 1. The van der Waals surface area contributed by atoms with Crippen LogP contribution in [0.4, 0.5) is 10.3 Å². The van der Waals surface area contributed by atoms with Crippen LogP contribution in [0, 0.1) is 5.82 Å². The van der Waals surface area contributed by atoms with Crippen molar-refractivity contribution < 1.29 is 9.13 Å². The standard InChI is InChI=1S/C15H15BrFN5O/c1-8(7-23-2)22-6-10(9-3-13(16)19-5-12(9)22)14-11(17)4-20-15(18)21-14/h3-6,8H,7H2,1-2H3,(H2,18,20,21). The number of hydrogen-bond donors (Lipinski definition) is 1. The molecule has 1 unspecified atom stereocenters. The van der Waals surface area contributed by atoms with Crippen LogP contribution in [-0.4, -0.2) is 33.2 Å². The SMILES string of the molecule is COCC(C)n1cc(-c2nc(N)ncc2F)c2cc(Br)ncc21. The first-order valence-corrected chi connectivity index (χ1v) is 7.74. The van der Waals surface area contributed by atoms with Crippen molar-refractivity contribution in [2.45, 2.75) is 13.0 Å². The maximum Gasteiger partial charge on any atom is 0.220 e. The lowest BCUT2D eigenvalue weighted by molar-refractivity contribution is 0.164. The first-order chi connectivity index (χ1) is 11.0. The number of halogens is 2. The van der Waals surface area contributed by atoms with E-state index >= 15 is 0 Å². The minimum absolute atomic E-state index is 0.0281. The molecule has 0 saturated heterocycles. The average molecular weight is 380 g/mol. The van der Waals surface area contributed by atoms with Gasteiger partial charge < -0.3 is 15.0 Å². The van der Waals surface area contributed by atoms with Gasteiger partial charge in [-0.2, -0.15) is 0 Å². The van der Waals surface area contributed by atoms with Crippen LogP contribution in [0.25, 0.3) is 22.2 Å². The van der Waals surface area contributed by atoms with Crippen molar-refractivity contribution in [2.24, 2.45) is 0 Å². The van der Waals surface area contributed by atoms with E-state index in [0.717, 1.165) is 17.1 Å². The molecule has 6 nitrogen and oxygen atoms in total. The number of ether oxygens (including phenoxy) is 1. The minimum Gasteiger partial charge on any atom is -0.383 e. The fourth-order valence-corrected chi connectivity index (χ4v) is 2.90. The molecule has 0 spiro atoms. The second-order valence-electron chi connectivity index (χ2n) is 5.20. The molecule has 120 valence electrons. The quantitative estimate of drug-likeness (QED) is 0.704. The predicted molar refractivity (Wildman–Crippen MR) is 89.4 cm³/mol. The summed E-state index contributed by atoms with van der Waals surface area (Å²) in [6, 6.07) is 1.89. The molecule has 0 fully saturated rings. The maximum absolute atomic E-state index is 14.2. The largest absolute Gasteiger partial charge is 0.383 e. The number of rotatable bonds is 4. The van der Waals surface area contributed by atoms with E-state index in [1.807, 2.05) is 23.8 Å². The third-order valence-electron chi connectivity index (χ3n) is 3.59. The molecule has 0 aliphatic rings. The molecular weight excluding hydrogens is 365 g/mol.